The van der Waals surface area contributed by atoms with Crippen LogP contribution in [0.1, 0.15) is 84.5 Å². The molecule has 1 saturated carbocycles. The van der Waals surface area contributed by atoms with Crippen molar-refractivity contribution in [1.29, 1.82) is 0 Å². The van der Waals surface area contributed by atoms with Gasteiger partial charge in [0.15, 0.2) is 0 Å². The van der Waals surface area contributed by atoms with E-state index in [1.165, 1.54) is 32.1 Å². The molecule has 21 heavy (non-hydrogen) atoms. The SMILES string of the molecule is CC(C)CC1CCCCOC2CCC(CCCC1=O)CC2. The third-order valence-electron chi connectivity index (χ3n) is 5.34. The zero-order chi connectivity index (χ0) is 15.1. The number of hydrogen-bond donors (Lipinski definition) is 0. The first-order chi connectivity index (χ1) is 10.1. The average Bonchev–Trinajstić information content (AvgIpc) is 2.46. The van der Waals surface area contributed by atoms with Crippen LogP contribution in [0.5, 0.6) is 0 Å². The number of carbonyl (C=O) groups is 1. The largest absolute Gasteiger partial charge is 0.378 e. The van der Waals surface area contributed by atoms with Gasteiger partial charge < -0.3 is 4.74 Å². The minimum absolute atomic E-state index is 0.310. The molecular weight excluding hydrogens is 260 g/mol. The van der Waals surface area contributed by atoms with Gasteiger partial charge in [-0.05, 0) is 63.2 Å². The molecule has 2 heteroatoms. The van der Waals surface area contributed by atoms with Gasteiger partial charge in [0.25, 0.3) is 0 Å². The van der Waals surface area contributed by atoms with Gasteiger partial charge >= 0.3 is 0 Å². The van der Waals surface area contributed by atoms with E-state index in [1.54, 1.807) is 0 Å². The quantitative estimate of drug-likeness (QED) is 0.704. The van der Waals surface area contributed by atoms with E-state index in [0.29, 0.717) is 23.7 Å². The Morgan fingerprint density at radius 2 is 1.76 bits per heavy atom. The predicted molar refractivity (Wildman–Crippen MR) is 87.4 cm³/mol. The van der Waals surface area contributed by atoms with Crippen LogP contribution < -0.4 is 0 Å². The minimum atomic E-state index is 0.310. The molecule has 3 fully saturated rings. The van der Waals surface area contributed by atoms with Crippen LogP contribution in [0.25, 0.3) is 0 Å². The summed E-state index contributed by atoms with van der Waals surface area (Å²) in [5.41, 5.74) is 0. The van der Waals surface area contributed by atoms with E-state index in [9.17, 15) is 4.79 Å². The molecule has 0 aromatic rings. The Bertz CT molecular complexity index is 303. The van der Waals surface area contributed by atoms with Crippen molar-refractivity contribution in [2.75, 3.05) is 6.61 Å². The first-order valence-electron chi connectivity index (χ1n) is 9.29. The van der Waals surface area contributed by atoms with Crippen LogP contribution >= 0.6 is 0 Å². The number of ether oxygens (including phenoxy) is 1. The number of ketones is 1. The highest BCUT2D eigenvalue weighted by atomic mass is 16.5. The maximum atomic E-state index is 12.5. The molecule has 122 valence electrons. The standard InChI is InChI=1S/C19H34O2/c1-15(2)14-17-7-3-4-13-21-18-11-9-16(10-12-18)6-5-8-19(17)20/h15-18H,3-14H2,1-2H3. The molecule has 0 radical (unpaired) electrons. The van der Waals surface area contributed by atoms with E-state index in [0.717, 1.165) is 51.0 Å². The molecular formula is C19H34O2. The normalized spacial score (nSPS) is 33.1. The van der Waals surface area contributed by atoms with Crippen molar-refractivity contribution in [2.45, 2.75) is 90.6 Å². The number of fused-ring (bicyclic) bond motifs is 11. The Labute approximate surface area is 131 Å². The third-order valence-corrected chi connectivity index (χ3v) is 5.34. The van der Waals surface area contributed by atoms with Crippen molar-refractivity contribution in [3.8, 4) is 0 Å². The third kappa shape index (κ3) is 6.10. The molecule has 3 aliphatic rings. The molecule has 1 aliphatic carbocycles. The zero-order valence-corrected chi connectivity index (χ0v) is 14.1. The second-order valence-electron chi connectivity index (χ2n) is 7.69. The molecule has 0 aromatic heterocycles. The van der Waals surface area contributed by atoms with Crippen molar-refractivity contribution in [3.63, 3.8) is 0 Å². The second kappa shape index (κ2) is 8.92. The van der Waals surface area contributed by atoms with Crippen LogP contribution in [0.15, 0.2) is 0 Å². The lowest BCUT2D eigenvalue weighted by Crippen LogP contribution is -2.23. The summed E-state index contributed by atoms with van der Waals surface area (Å²) in [4.78, 5) is 12.5. The van der Waals surface area contributed by atoms with Crippen molar-refractivity contribution >= 4 is 5.78 Å². The zero-order valence-electron chi connectivity index (χ0n) is 14.1. The molecule has 2 aliphatic heterocycles. The Morgan fingerprint density at radius 3 is 2.48 bits per heavy atom. The number of rotatable bonds is 2. The highest BCUT2D eigenvalue weighted by Crippen LogP contribution is 2.31. The van der Waals surface area contributed by atoms with E-state index in [2.05, 4.69) is 13.8 Å². The molecule has 0 spiro atoms. The van der Waals surface area contributed by atoms with Crippen LogP contribution in [-0.2, 0) is 9.53 Å². The first-order valence-corrected chi connectivity index (χ1v) is 9.29. The summed E-state index contributed by atoms with van der Waals surface area (Å²) in [6, 6.07) is 0. The topological polar surface area (TPSA) is 26.3 Å². The molecule has 3 rings (SSSR count). The van der Waals surface area contributed by atoms with Gasteiger partial charge in [-0.25, -0.2) is 0 Å². The van der Waals surface area contributed by atoms with Gasteiger partial charge in [-0.2, -0.15) is 0 Å². The van der Waals surface area contributed by atoms with Gasteiger partial charge in [-0.1, -0.05) is 26.7 Å². The van der Waals surface area contributed by atoms with E-state index in [-0.39, 0.29) is 0 Å². The van der Waals surface area contributed by atoms with Crippen LogP contribution in [0.3, 0.4) is 0 Å². The predicted octanol–water partition coefficient (Wildman–Crippen LogP) is 5.15. The summed E-state index contributed by atoms with van der Waals surface area (Å²) >= 11 is 0. The van der Waals surface area contributed by atoms with Gasteiger partial charge in [-0.3, -0.25) is 4.79 Å². The molecule has 2 bridgehead atoms. The van der Waals surface area contributed by atoms with E-state index >= 15 is 0 Å². The first kappa shape index (κ1) is 17.0. The number of carbonyl (C=O) groups excluding carboxylic acids is 1. The molecule has 0 N–H and O–H groups in total. The lowest BCUT2D eigenvalue weighted by molar-refractivity contribution is -0.123. The van der Waals surface area contributed by atoms with Crippen molar-refractivity contribution in [1.82, 2.24) is 0 Å². The van der Waals surface area contributed by atoms with Gasteiger partial charge in [0.2, 0.25) is 0 Å². The molecule has 0 aromatic carbocycles. The average molecular weight is 294 g/mol. The summed E-state index contributed by atoms with van der Waals surface area (Å²) in [5, 5.41) is 0. The van der Waals surface area contributed by atoms with Crippen molar-refractivity contribution in [2.24, 2.45) is 17.8 Å². The molecule has 1 atom stereocenters. The Morgan fingerprint density at radius 1 is 1.00 bits per heavy atom. The monoisotopic (exact) mass is 294 g/mol. The van der Waals surface area contributed by atoms with Gasteiger partial charge in [0.1, 0.15) is 5.78 Å². The molecule has 0 amide bonds. The van der Waals surface area contributed by atoms with Crippen molar-refractivity contribution < 1.29 is 9.53 Å². The lowest BCUT2D eigenvalue weighted by atomic mass is 9.82. The summed E-state index contributed by atoms with van der Waals surface area (Å²) in [6.45, 7) is 5.37. The summed E-state index contributed by atoms with van der Waals surface area (Å²) in [5.74, 6) is 2.33. The van der Waals surface area contributed by atoms with Gasteiger partial charge in [-0.15, -0.1) is 0 Å². The van der Waals surface area contributed by atoms with Crippen molar-refractivity contribution in [3.05, 3.63) is 0 Å². The van der Waals surface area contributed by atoms with Gasteiger partial charge in [0, 0.05) is 18.9 Å². The second-order valence-corrected chi connectivity index (χ2v) is 7.69. The Balaban J connectivity index is 1.87. The van der Waals surface area contributed by atoms with Crippen LogP contribution in [0.2, 0.25) is 0 Å². The fraction of sp³-hybridized carbons (Fsp3) is 0.947. The van der Waals surface area contributed by atoms with E-state index < -0.39 is 0 Å². The minimum Gasteiger partial charge on any atom is -0.378 e. The molecule has 2 heterocycles. The molecule has 2 nitrogen and oxygen atoms in total. The summed E-state index contributed by atoms with van der Waals surface area (Å²) < 4.78 is 6.03. The van der Waals surface area contributed by atoms with Crippen LogP contribution in [-0.4, -0.2) is 18.5 Å². The number of Topliss-reactive ketones (excluding diaryl/α,β-unsaturated/α-hetero) is 1. The van der Waals surface area contributed by atoms with Crippen LogP contribution in [0.4, 0.5) is 0 Å². The fourth-order valence-corrected chi connectivity index (χ4v) is 4.08. The maximum absolute atomic E-state index is 12.5. The highest BCUT2D eigenvalue weighted by molar-refractivity contribution is 5.80. The summed E-state index contributed by atoms with van der Waals surface area (Å²) in [7, 11) is 0. The van der Waals surface area contributed by atoms with Gasteiger partial charge in [0.05, 0.1) is 6.10 Å². The number of hydrogen-bond acceptors (Lipinski definition) is 2. The Kier molecular flexibility index (Phi) is 7.22. The summed E-state index contributed by atoms with van der Waals surface area (Å²) in [6.07, 6.45) is 13.3. The van der Waals surface area contributed by atoms with Crippen LogP contribution in [0, 0.1) is 17.8 Å². The maximum Gasteiger partial charge on any atom is 0.135 e. The molecule has 2 saturated heterocycles. The molecule has 1 unspecified atom stereocenters. The highest BCUT2D eigenvalue weighted by Gasteiger charge is 2.24. The fourth-order valence-electron chi connectivity index (χ4n) is 4.08. The smallest absolute Gasteiger partial charge is 0.135 e. The van der Waals surface area contributed by atoms with E-state index in [1.807, 2.05) is 0 Å². The lowest BCUT2D eigenvalue weighted by Gasteiger charge is -2.29. The Hall–Kier alpha value is -0.370. The van der Waals surface area contributed by atoms with E-state index in [4.69, 9.17) is 4.74 Å².